The Labute approximate surface area is 136 Å². The van der Waals surface area contributed by atoms with Gasteiger partial charge in [0.05, 0.1) is 12.1 Å². The average molecular weight is 310 g/mol. The number of anilines is 1. The maximum absolute atomic E-state index is 5.58. The van der Waals surface area contributed by atoms with Gasteiger partial charge in [0.1, 0.15) is 5.82 Å². The van der Waals surface area contributed by atoms with Crippen molar-refractivity contribution in [3.05, 3.63) is 35.8 Å². The number of pyridine rings is 1. The molecule has 23 heavy (non-hydrogen) atoms. The molecule has 0 saturated carbocycles. The standard InChI is InChI=1S/C18H22N4O/c1-18(8-11-23-12-18)22-17-14-4-2-3-5-15(14)20-16(21-17)13-6-9-19-10-7-13/h6-7,9-10H,2-5,8,11-12H2,1H3,(H,20,21,22). The minimum Gasteiger partial charge on any atom is -0.379 e. The summed E-state index contributed by atoms with van der Waals surface area (Å²) < 4.78 is 5.58. The number of ether oxygens (including phenoxy) is 1. The summed E-state index contributed by atoms with van der Waals surface area (Å²) in [6.45, 7) is 3.76. The maximum Gasteiger partial charge on any atom is 0.161 e. The molecule has 1 unspecified atom stereocenters. The quantitative estimate of drug-likeness (QED) is 0.944. The molecule has 1 saturated heterocycles. The van der Waals surface area contributed by atoms with Crippen molar-refractivity contribution in [2.45, 2.75) is 44.6 Å². The lowest BCUT2D eigenvalue weighted by molar-refractivity contribution is 0.185. The Morgan fingerprint density at radius 1 is 1.13 bits per heavy atom. The molecule has 0 aromatic carbocycles. The van der Waals surface area contributed by atoms with E-state index < -0.39 is 0 Å². The van der Waals surface area contributed by atoms with Gasteiger partial charge in [0.15, 0.2) is 5.82 Å². The van der Waals surface area contributed by atoms with E-state index in [9.17, 15) is 0 Å². The van der Waals surface area contributed by atoms with Gasteiger partial charge in [0, 0.05) is 35.8 Å². The van der Waals surface area contributed by atoms with Crippen molar-refractivity contribution in [3.63, 3.8) is 0 Å². The number of nitrogens with zero attached hydrogens (tertiary/aromatic N) is 3. The number of nitrogens with one attached hydrogen (secondary N) is 1. The highest BCUT2D eigenvalue weighted by molar-refractivity contribution is 5.60. The van der Waals surface area contributed by atoms with Crippen LogP contribution in [0.1, 0.15) is 37.4 Å². The number of aryl methyl sites for hydroxylation is 1. The number of aromatic nitrogens is 3. The van der Waals surface area contributed by atoms with Crippen molar-refractivity contribution >= 4 is 5.82 Å². The second-order valence-corrected chi connectivity index (χ2v) is 6.75. The highest BCUT2D eigenvalue weighted by Gasteiger charge is 2.31. The fraction of sp³-hybridized carbons (Fsp3) is 0.500. The third-order valence-corrected chi connectivity index (χ3v) is 4.76. The zero-order valence-electron chi connectivity index (χ0n) is 13.5. The third-order valence-electron chi connectivity index (χ3n) is 4.76. The van der Waals surface area contributed by atoms with E-state index in [1.807, 2.05) is 12.1 Å². The third kappa shape index (κ3) is 2.93. The first kappa shape index (κ1) is 14.6. The SMILES string of the molecule is CC1(Nc2nc(-c3ccncc3)nc3c2CCCC3)CCOC1. The van der Waals surface area contributed by atoms with Crippen LogP contribution in [-0.4, -0.2) is 33.7 Å². The molecule has 0 radical (unpaired) electrons. The summed E-state index contributed by atoms with van der Waals surface area (Å²) >= 11 is 0. The molecule has 1 fully saturated rings. The Bertz CT molecular complexity index is 696. The van der Waals surface area contributed by atoms with Crippen LogP contribution in [0.15, 0.2) is 24.5 Å². The lowest BCUT2D eigenvalue weighted by Crippen LogP contribution is -2.36. The highest BCUT2D eigenvalue weighted by atomic mass is 16.5. The Kier molecular flexibility index (Phi) is 3.73. The van der Waals surface area contributed by atoms with E-state index in [-0.39, 0.29) is 5.54 Å². The van der Waals surface area contributed by atoms with Crippen LogP contribution in [0.25, 0.3) is 11.4 Å². The van der Waals surface area contributed by atoms with E-state index in [2.05, 4.69) is 17.2 Å². The molecule has 0 spiro atoms. The van der Waals surface area contributed by atoms with Gasteiger partial charge in [-0.2, -0.15) is 0 Å². The first-order chi connectivity index (χ1) is 11.2. The van der Waals surface area contributed by atoms with Crippen LogP contribution in [0, 0.1) is 0 Å². The molecule has 5 nitrogen and oxygen atoms in total. The van der Waals surface area contributed by atoms with E-state index in [1.54, 1.807) is 12.4 Å². The van der Waals surface area contributed by atoms with E-state index in [1.165, 1.54) is 24.1 Å². The monoisotopic (exact) mass is 310 g/mol. The fourth-order valence-electron chi connectivity index (χ4n) is 3.38. The molecule has 0 amide bonds. The van der Waals surface area contributed by atoms with Crippen molar-refractivity contribution in [3.8, 4) is 11.4 Å². The first-order valence-corrected chi connectivity index (χ1v) is 8.40. The van der Waals surface area contributed by atoms with Crippen molar-refractivity contribution in [2.75, 3.05) is 18.5 Å². The van der Waals surface area contributed by atoms with Crippen LogP contribution in [0.5, 0.6) is 0 Å². The van der Waals surface area contributed by atoms with Crippen LogP contribution >= 0.6 is 0 Å². The molecule has 4 rings (SSSR count). The molecule has 1 aliphatic carbocycles. The van der Waals surface area contributed by atoms with Gasteiger partial charge in [-0.15, -0.1) is 0 Å². The number of rotatable bonds is 3. The normalized spacial score (nSPS) is 23.5. The zero-order chi connectivity index (χ0) is 15.7. The molecule has 2 aromatic heterocycles. The Hall–Kier alpha value is -2.01. The van der Waals surface area contributed by atoms with Gasteiger partial charge in [-0.1, -0.05) is 0 Å². The molecule has 2 aromatic rings. The first-order valence-electron chi connectivity index (χ1n) is 8.40. The smallest absolute Gasteiger partial charge is 0.161 e. The summed E-state index contributed by atoms with van der Waals surface area (Å²) in [6.07, 6.45) is 9.11. The average Bonchev–Trinajstić information content (AvgIpc) is 3.02. The molecule has 2 aliphatic rings. The van der Waals surface area contributed by atoms with Crippen molar-refractivity contribution in [1.29, 1.82) is 0 Å². The molecule has 5 heteroatoms. The second-order valence-electron chi connectivity index (χ2n) is 6.75. The summed E-state index contributed by atoms with van der Waals surface area (Å²) in [5.74, 6) is 1.78. The van der Waals surface area contributed by atoms with Crippen molar-refractivity contribution in [2.24, 2.45) is 0 Å². The van der Waals surface area contributed by atoms with E-state index in [0.717, 1.165) is 49.7 Å². The van der Waals surface area contributed by atoms with Gasteiger partial charge >= 0.3 is 0 Å². The summed E-state index contributed by atoms with van der Waals surface area (Å²) in [7, 11) is 0. The van der Waals surface area contributed by atoms with Crippen LogP contribution in [0.2, 0.25) is 0 Å². The minimum absolute atomic E-state index is 0.0327. The van der Waals surface area contributed by atoms with Gasteiger partial charge in [-0.25, -0.2) is 9.97 Å². The van der Waals surface area contributed by atoms with Crippen LogP contribution in [0.3, 0.4) is 0 Å². The number of hydrogen-bond acceptors (Lipinski definition) is 5. The zero-order valence-corrected chi connectivity index (χ0v) is 13.5. The predicted molar refractivity (Wildman–Crippen MR) is 89.4 cm³/mol. The van der Waals surface area contributed by atoms with E-state index in [4.69, 9.17) is 14.7 Å². The molecule has 3 heterocycles. The summed E-state index contributed by atoms with van der Waals surface area (Å²) in [6, 6.07) is 3.93. The van der Waals surface area contributed by atoms with Crippen LogP contribution in [0.4, 0.5) is 5.82 Å². The van der Waals surface area contributed by atoms with Gasteiger partial charge in [0.2, 0.25) is 0 Å². The molecular weight excluding hydrogens is 288 g/mol. The van der Waals surface area contributed by atoms with Gasteiger partial charge < -0.3 is 10.1 Å². The predicted octanol–water partition coefficient (Wildman–Crippen LogP) is 3.01. The van der Waals surface area contributed by atoms with Gasteiger partial charge in [-0.05, 0) is 51.2 Å². The number of fused-ring (bicyclic) bond motifs is 1. The van der Waals surface area contributed by atoms with Crippen molar-refractivity contribution < 1.29 is 4.74 Å². The van der Waals surface area contributed by atoms with Crippen LogP contribution in [-0.2, 0) is 17.6 Å². The summed E-state index contributed by atoms with van der Waals surface area (Å²) in [5.41, 5.74) is 3.48. The van der Waals surface area contributed by atoms with E-state index in [0.29, 0.717) is 0 Å². The molecule has 1 aliphatic heterocycles. The molecule has 1 N–H and O–H groups in total. The van der Waals surface area contributed by atoms with Gasteiger partial charge in [-0.3, -0.25) is 4.98 Å². The highest BCUT2D eigenvalue weighted by Crippen LogP contribution is 2.31. The maximum atomic E-state index is 5.58. The fourth-order valence-corrected chi connectivity index (χ4v) is 3.38. The second kappa shape index (κ2) is 5.89. The lowest BCUT2D eigenvalue weighted by Gasteiger charge is -2.28. The molecule has 0 bridgehead atoms. The summed E-state index contributed by atoms with van der Waals surface area (Å²) in [5, 5.41) is 3.66. The van der Waals surface area contributed by atoms with Crippen molar-refractivity contribution in [1.82, 2.24) is 15.0 Å². The molecular formula is C18H22N4O. The number of hydrogen-bond donors (Lipinski definition) is 1. The molecule has 120 valence electrons. The van der Waals surface area contributed by atoms with Gasteiger partial charge in [0.25, 0.3) is 0 Å². The topological polar surface area (TPSA) is 59.9 Å². The Morgan fingerprint density at radius 3 is 2.74 bits per heavy atom. The Morgan fingerprint density at radius 2 is 1.96 bits per heavy atom. The molecule has 1 atom stereocenters. The Balaban J connectivity index is 1.76. The van der Waals surface area contributed by atoms with E-state index >= 15 is 0 Å². The lowest BCUT2D eigenvalue weighted by atomic mass is 9.94. The minimum atomic E-state index is -0.0327. The largest absolute Gasteiger partial charge is 0.379 e. The van der Waals surface area contributed by atoms with Crippen LogP contribution < -0.4 is 5.32 Å². The summed E-state index contributed by atoms with van der Waals surface area (Å²) in [4.78, 5) is 13.8.